The third kappa shape index (κ3) is 1.51. The van der Waals surface area contributed by atoms with Gasteiger partial charge in [0.05, 0.1) is 5.02 Å². The number of aromatic nitrogens is 1. The van der Waals surface area contributed by atoms with Crippen molar-refractivity contribution >= 4 is 34.8 Å². The van der Waals surface area contributed by atoms with Crippen molar-refractivity contribution in [2.75, 3.05) is 0 Å². The van der Waals surface area contributed by atoms with E-state index in [9.17, 15) is 4.39 Å². The van der Waals surface area contributed by atoms with Crippen LogP contribution in [0.2, 0.25) is 15.3 Å². The summed E-state index contributed by atoms with van der Waals surface area (Å²) in [5.41, 5.74) is 0. The Morgan fingerprint density at radius 1 is 1.20 bits per heavy atom. The predicted octanol–water partition coefficient (Wildman–Crippen LogP) is 3.18. The molecule has 0 amide bonds. The van der Waals surface area contributed by atoms with E-state index in [1.807, 2.05) is 0 Å². The molecule has 0 saturated heterocycles. The summed E-state index contributed by atoms with van der Waals surface area (Å²) in [5.74, 6) is -0.670. The molecule has 0 N–H and O–H groups in total. The fraction of sp³-hybridized carbons (Fsp3) is 0. The Labute approximate surface area is 71.7 Å². The van der Waals surface area contributed by atoms with E-state index in [1.165, 1.54) is 0 Å². The van der Waals surface area contributed by atoms with Crippen LogP contribution in [-0.2, 0) is 0 Å². The molecule has 0 aliphatic rings. The molecule has 0 spiro atoms. The maximum Gasteiger partial charge on any atom is 0.166 e. The van der Waals surface area contributed by atoms with E-state index in [0.717, 1.165) is 6.07 Å². The van der Waals surface area contributed by atoms with Crippen LogP contribution in [0.25, 0.3) is 0 Å². The van der Waals surface area contributed by atoms with Gasteiger partial charge in [0.15, 0.2) is 11.0 Å². The minimum absolute atomic E-state index is 0.00747. The summed E-state index contributed by atoms with van der Waals surface area (Å²) in [6, 6.07) is 1.01. The van der Waals surface area contributed by atoms with Gasteiger partial charge in [0.25, 0.3) is 0 Å². The molecule has 54 valence electrons. The first-order valence-electron chi connectivity index (χ1n) is 2.28. The highest BCUT2D eigenvalue weighted by Gasteiger charge is 2.05. The number of halogens is 4. The maximum absolute atomic E-state index is 12.4. The Morgan fingerprint density at radius 2 is 1.80 bits per heavy atom. The Bertz CT molecular complexity index is 213. The lowest BCUT2D eigenvalue weighted by Crippen LogP contribution is -1.83. The molecule has 0 aliphatic carbocycles. The highest BCUT2D eigenvalue weighted by Crippen LogP contribution is 2.23. The van der Waals surface area contributed by atoms with Crippen molar-refractivity contribution in [2.24, 2.45) is 0 Å². The SMILES string of the molecule is Fc1cc(Cl)c(Cl)nc1Cl. The number of hydrogen-bond donors (Lipinski definition) is 0. The summed E-state index contributed by atoms with van der Waals surface area (Å²) >= 11 is 16.0. The zero-order valence-electron chi connectivity index (χ0n) is 4.54. The molecule has 5 heteroatoms. The molecule has 1 aromatic rings. The van der Waals surface area contributed by atoms with Gasteiger partial charge in [-0.3, -0.25) is 0 Å². The Kier molecular flexibility index (Phi) is 2.34. The third-order valence-corrected chi connectivity index (χ3v) is 1.78. The van der Waals surface area contributed by atoms with E-state index in [0.29, 0.717) is 0 Å². The van der Waals surface area contributed by atoms with Crippen molar-refractivity contribution in [3.8, 4) is 0 Å². The average molecular weight is 200 g/mol. The molecule has 0 fully saturated rings. The van der Waals surface area contributed by atoms with E-state index in [-0.39, 0.29) is 15.3 Å². The summed E-state index contributed by atoms with van der Waals surface area (Å²) in [4.78, 5) is 3.40. The summed E-state index contributed by atoms with van der Waals surface area (Å²) in [6.45, 7) is 0. The second-order valence-corrected chi connectivity index (χ2v) is 2.66. The monoisotopic (exact) mass is 199 g/mol. The fourth-order valence-corrected chi connectivity index (χ4v) is 0.883. The largest absolute Gasteiger partial charge is 0.220 e. The number of hydrogen-bond acceptors (Lipinski definition) is 1. The van der Waals surface area contributed by atoms with Crippen LogP contribution in [-0.4, -0.2) is 4.98 Å². The normalized spacial score (nSPS) is 10.0. The van der Waals surface area contributed by atoms with Crippen LogP contribution in [0.3, 0.4) is 0 Å². The molecule has 0 unspecified atom stereocenters. The molecule has 0 aliphatic heterocycles. The molecule has 10 heavy (non-hydrogen) atoms. The van der Waals surface area contributed by atoms with Crippen molar-refractivity contribution in [2.45, 2.75) is 0 Å². The van der Waals surface area contributed by atoms with E-state index in [2.05, 4.69) is 4.98 Å². The molecule has 0 radical (unpaired) electrons. The first-order chi connectivity index (χ1) is 4.61. The van der Waals surface area contributed by atoms with Crippen LogP contribution < -0.4 is 0 Å². The Balaban J connectivity index is 3.28. The van der Waals surface area contributed by atoms with Gasteiger partial charge in [-0.15, -0.1) is 0 Å². The maximum atomic E-state index is 12.4. The van der Waals surface area contributed by atoms with Crippen LogP contribution >= 0.6 is 34.8 Å². The first kappa shape index (κ1) is 8.05. The second kappa shape index (κ2) is 2.91. The molecule has 0 aromatic carbocycles. The highest BCUT2D eigenvalue weighted by molar-refractivity contribution is 6.41. The standard InChI is InChI=1S/C5HCl3FN/c6-2-1-3(9)5(8)10-4(2)7/h1H. The molecule has 1 rings (SSSR count). The Hall–Kier alpha value is -0.0500. The van der Waals surface area contributed by atoms with Crippen molar-refractivity contribution in [3.63, 3.8) is 0 Å². The molecule has 0 saturated carbocycles. The Morgan fingerprint density at radius 3 is 2.30 bits per heavy atom. The van der Waals surface area contributed by atoms with Gasteiger partial charge in [0.2, 0.25) is 0 Å². The van der Waals surface area contributed by atoms with Gasteiger partial charge in [-0.25, -0.2) is 9.37 Å². The highest BCUT2D eigenvalue weighted by atomic mass is 35.5. The van der Waals surface area contributed by atoms with Gasteiger partial charge >= 0.3 is 0 Å². The van der Waals surface area contributed by atoms with Crippen LogP contribution in [0.15, 0.2) is 6.07 Å². The van der Waals surface area contributed by atoms with Crippen LogP contribution in [0.5, 0.6) is 0 Å². The van der Waals surface area contributed by atoms with E-state index in [1.54, 1.807) is 0 Å². The summed E-state index contributed by atoms with van der Waals surface area (Å²) in [7, 11) is 0. The third-order valence-electron chi connectivity index (χ3n) is 0.844. The van der Waals surface area contributed by atoms with Crippen LogP contribution in [0.1, 0.15) is 0 Å². The number of rotatable bonds is 0. The molecular weight excluding hydrogens is 199 g/mol. The van der Waals surface area contributed by atoms with E-state index < -0.39 is 5.82 Å². The quantitative estimate of drug-likeness (QED) is 0.586. The average Bonchev–Trinajstić information content (AvgIpc) is 1.84. The number of pyridine rings is 1. The molecule has 1 heterocycles. The lowest BCUT2D eigenvalue weighted by molar-refractivity contribution is 0.622. The second-order valence-electron chi connectivity index (χ2n) is 1.53. The van der Waals surface area contributed by atoms with Gasteiger partial charge in [0.1, 0.15) is 5.15 Å². The lowest BCUT2D eigenvalue weighted by atomic mass is 10.5. The molecule has 0 bridgehead atoms. The van der Waals surface area contributed by atoms with Gasteiger partial charge < -0.3 is 0 Å². The van der Waals surface area contributed by atoms with Crippen molar-refractivity contribution < 1.29 is 4.39 Å². The van der Waals surface area contributed by atoms with Crippen molar-refractivity contribution in [3.05, 3.63) is 27.2 Å². The van der Waals surface area contributed by atoms with Crippen molar-refractivity contribution in [1.29, 1.82) is 0 Å². The van der Waals surface area contributed by atoms with Gasteiger partial charge in [-0.1, -0.05) is 34.8 Å². The summed E-state index contributed by atoms with van der Waals surface area (Å²) in [5, 5.41) is -0.203. The lowest BCUT2D eigenvalue weighted by Gasteiger charge is -1.95. The van der Waals surface area contributed by atoms with Crippen molar-refractivity contribution in [1.82, 2.24) is 4.98 Å². The van der Waals surface area contributed by atoms with E-state index in [4.69, 9.17) is 34.8 Å². The van der Waals surface area contributed by atoms with Gasteiger partial charge in [-0.05, 0) is 6.07 Å². The number of nitrogens with zero attached hydrogens (tertiary/aromatic N) is 1. The van der Waals surface area contributed by atoms with Crippen LogP contribution in [0.4, 0.5) is 4.39 Å². The van der Waals surface area contributed by atoms with E-state index >= 15 is 0 Å². The smallest absolute Gasteiger partial charge is 0.166 e. The minimum Gasteiger partial charge on any atom is -0.220 e. The zero-order valence-corrected chi connectivity index (χ0v) is 6.80. The molecule has 1 nitrogen and oxygen atoms in total. The van der Waals surface area contributed by atoms with Crippen LogP contribution in [0, 0.1) is 5.82 Å². The predicted molar refractivity (Wildman–Crippen MR) is 39.2 cm³/mol. The van der Waals surface area contributed by atoms with Gasteiger partial charge in [-0.2, -0.15) is 0 Å². The molecule has 0 atom stereocenters. The topological polar surface area (TPSA) is 12.9 Å². The fourth-order valence-electron chi connectivity index (χ4n) is 0.423. The molecular formula is C5HCl3FN. The first-order valence-corrected chi connectivity index (χ1v) is 3.41. The van der Waals surface area contributed by atoms with Gasteiger partial charge in [0, 0.05) is 0 Å². The molecule has 1 aromatic heterocycles. The summed E-state index contributed by atoms with van der Waals surface area (Å²) < 4.78 is 12.4. The minimum atomic E-state index is -0.670. The summed E-state index contributed by atoms with van der Waals surface area (Å²) in [6.07, 6.45) is 0. The zero-order chi connectivity index (χ0) is 7.72.